The van der Waals surface area contributed by atoms with Crippen molar-refractivity contribution < 1.29 is 17.9 Å². The Kier molecular flexibility index (Phi) is 4.46. The van der Waals surface area contributed by atoms with Crippen LogP contribution in [0.15, 0.2) is 40.3 Å². The molecule has 104 valence electrons. The summed E-state index contributed by atoms with van der Waals surface area (Å²) in [6.45, 7) is -0.186. The molecule has 0 saturated carbocycles. The average molecular weight is 366 g/mol. The van der Waals surface area contributed by atoms with Crippen molar-refractivity contribution in [1.29, 1.82) is 0 Å². The normalized spacial score (nSPS) is 15.3. The fourth-order valence-electron chi connectivity index (χ4n) is 1.58. The molecule has 0 fully saturated rings. The number of furan rings is 1. The van der Waals surface area contributed by atoms with Crippen molar-refractivity contribution in [3.8, 4) is 0 Å². The molecular formula is C11H12BrNO4S2. The largest absolute Gasteiger partial charge is 0.466 e. The molecule has 19 heavy (non-hydrogen) atoms. The van der Waals surface area contributed by atoms with Gasteiger partial charge in [-0.05, 0) is 23.6 Å². The van der Waals surface area contributed by atoms with Gasteiger partial charge < -0.3 is 9.52 Å². The summed E-state index contributed by atoms with van der Waals surface area (Å²) in [5, 5.41) is 12.6. The van der Waals surface area contributed by atoms with E-state index in [9.17, 15) is 13.5 Å². The fourth-order valence-corrected chi connectivity index (χ4v) is 3.40. The van der Waals surface area contributed by atoms with Gasteiger partial charge in [-0.3, -0.25) is 0 Å². The molecule has 8 heteroatoms. The Hall–Kier alpha value is -0.670. The van der Waals surface area contributed by atoms with E-state index >= 15 is 0 Å². The van der Waals surface area contributed by atoms with Crippen molar-refractivity contribution in [2.75, 3.05) is 11.2 Å². The van der Waals surface area contributed by atoms with E-state index < -0.39 is 15.6 Å². The fraction of sp³-hybridized carbons (Fsp3) is 0.273. The molecule has 0 radical (unpaired) electrons. The lowest BCUT2D eigenvalue weighted by Gasteiger charge is -2.24. The zero-order chi connectivity index (χ0) is 13.9. The number of hydrogen-bond donors (Lipinski definition) is 2. The first-order chi connectivity index (χ1) is 8.98. The zero-order valence-electron chi connectivity index (χ0n) is 9.74. The van der Waals surface area contributed by atoms with Crippen molar-refractivity contribution in [2.45, 2.75) is 5.60 Å². The lowest BCUT2D eigenvalue weighted by Crippen LogP contribution is -2.41. The molecule has 1 unspecified atom stereocenters. The number of thiophene rings is 1. The summed E-state index contributed by atoms with van der Waals surface area (Å²) in [6.07, 6.45) is 1.44. The lowest BCUT2D eigenvalue weighted by molar-refractivity contribution is 0.0655. The minimum atomic E-state index is -3.47. The Morgan fingerprint density at radius 1 is 1.42 bits per heavy atom. The molecule has 0 aliphatic carbocycles. The first kappa shape index (κ1) is 14.7. The van der Waals surface area contributed by atoms with Crippen LogP contribution in [-0.2, 0) is 15.6 Å². The molecule has 1 atom stereocenters. The third-order valence-electron chi connectivity index (χ3n) is 2.55. The van der Waals surface area contributed by atoms with Crippen molar-refractivity contribution >= 4 is 37.3 Å². The van der Waals surface area contributed by atoms with Gasteiger partial charge in [-0.25, -0.2) is 13.1 Å². The van der Waals surface area contributed by atoms with Crippen LogP contribution in [0.2, 0.25) is 0 Å². The highest BCUT2D eigenvalue weighted by molar-refractivity contribution is 9.10. The van der Waals surface area contributed by atoms with Gasteiger partial charge in [-0.15, -0.1) is 11.3 Å². The molecule has 0 aromatic carbocycles. The molecule has 0 bridgehead atoms. The molecule has 0 aliphatic heterocycles. The van der Waals surface area contributed by atoms with Crippen LogP contribution in [-0.4, -0.2) is 24.7 Å². The van der Waals surface area contributed by atoms with E-state index in [0.717, 1.165) is 0 Å². The number of rotatable bonds is 6. The van der Waals surface area contributed by atoms with Gasteiger partial charge in [0.05, 0.1) is 12.8 Å². The molecule has 0 aliphatic rings. The summed E-state index contributed by atoms with van der Waals surface area (Å²) in [4.78, 5) is 0.611. The topological polar surface area (TPSA) is 79.5 Å². The molecule has 0 amide bonds. The van der Waals surface area contributed by atoms with E-state index in [1.54, 1.807) is 24.3 Å². The van der Waals surface area contributed by atoms with Gasteiger partial charge in [0.25, 0.3) is 0 Å². The standard InChI is InChI=1S/C11H12BrNO4S2/c12-8-19(15,16)13-7-11(14,9-3-1-5-17-9)10-4-2-6-18-10/h1-6,13-14H,7-8H2. The summed E-state index contributed by atoms with van der Waals surface area (Å²) in [5.41, 5.74) is -1.51. The summed E-state index contributed by atoms with van der Waals surface area (Å²) in [6, 6.07) is 6.78. The molecule has 2 aromatic heterocycles. The van der Waals surface area contributed by atoms with Crippen molar-refractivity contribution in [3.63, 3.8) is 0 Å². The molecule has 2 N–H and O–H groups in total. The van der Waals surface area contributed by atoms with Crippen LogP contribution < -0.4 is 4.72 Å². The predicted molar refractivity (Wildman–Crippen MR) is 76.7 cm³/mol. The van der Waals surface area contributed by atoms with Crippen LogP contribution in [0, 0.1) is 0 Å². The maximum Gasteiger partial charge on any atom is 0.221 e. The van der Waals surface area contributed by atoms with E-state index in [1.807, 2.05) is 5.38 Å². The Labute approximate surface area is 123 Å². The van der Waals surface area contributed by atoms with Gasteiger partial charge >= 0.3 is 0 Å². The predicted octanol–water partition coefficient (Wildman–Crippen LogP) is 1.85. The zero-order valence-corrected chi connectivity index (χ0v) is 13.0. The van der Waals surface area contributed by atoms with Gasteiger partial charge in [-0.2, -0.15) is 0 Å². The lowest BCUT2D eigenvalue weighted by atomic mass is 9.99. The number of hydrogen-bond acceptors (Lipinski definition) is 5. The smallest absolute Gasteiger partial charge is 0.221 e. The summed E-state index contributed by atoms with van der Waals surface area (Å²) in [7, 11) is -3.47. The average Bonchev–Trinajstić information content (AvgIpc) is 3.08. The van der Waals surface area contributed by atoms with Crippen molar-refractivity contribution in [3.05, 3.63) is 46.5 Å². The van der Waals surface area contributed by atoms with Crippen LogP contribution in [0.3, 0.4) is 0 Å². The number of halogens is 1. The van der Waals surface area contributed by atoms with Crippen molar-refractivity contribution in [1.82, 2.24) is 4.72 Å². The summed E-state index contributed by atoms with van der Waals surface area (Å²) < 4.78 is 30.3. The second kappa shape index (κ2) is 5.76. The van der Waals surface area contributed by atoms with Gasteiger partial charge in [0, 0.05) is 4.88 Å². The van der Waals surface area contributed by atoms with Crippen LogP contribution in [0.1, 0.15) is 10.6 Å². The number of sulfonamides is 1. The van der Waals surface area contributed by atoms with Crippen LogP contribution in [0.25, 0.3) is 0 Å². The number of alkyl halides is 1. The highest BCUT2D eigenvalue weighted by atomic mass is 79.9. The third kappa shape index (κ3) is 3.26. The molecule has 0 saturated heterocycles. The molecular weight excluding hydrogens is 354 g/mol. The van der Waals surface area contributed by atoms with Crippen LogP contribution in [0.4, 0.5) is 0 Å². The second-order valence-electron chi connectivity index (χ2n) is 3.86. The SMILES string of the molecule is O=S(=O)(CBr)NCC(O)(c1ccco1)c1cccs1. The van der Waals surface area contributed by atoms with E-state index in [-0.39, 0.29) is 11.2 Å². The molecule has 2 aromatic rings. The van der Waals surface area contributed by atoms with E-state index in [4.69, 9.17) is 4.42 Å². The summed E-state index contributed by atoms with van der Waals surface area (Å²) >= 11 is 4.21. The Morgan fingerprint density at radius 2 is 2.21 bits per heavy atom. The van der Waals surface area contributed by atoms with E-state index in [0.29, 0.717) is 10.6 Å². The monoisotopic (exact) mass is 365 g/mol. The minimum absolute atomic E-state index is 0.186. The van der Waals surface area contributed by atoms with Crippen molar-refractivity contribution in [2.24, 2.45) is 0 Å². The molecule has 2 rings (SSSR count). The first-order valence-corrected chi connectivity index (χ1v) is 8.97. The van der Waals surface area contributed by atoms with Crippen LogP contribution >= 0.6 is 27.3 Å². The molecule has 0 spiro atoms. The Morgan fingerprint density at radius 3 is 2.74 bits per heavy atom. The number of nitrogens with one attached hydrogen (secondary N) is 1. The Bertz CT molecular complexity index is 573. The maximum atomic E-state index is 11.5. The maximum absolute atomic E-state index is 11.5. The summed E-state index contributed by atoms with van der Waals surface area (Å²) in [5.74, 6) is 0.298. The highest BCUT2D eigenvalue weighted by Gasteiger charge is 2.36. The van der Waals surface area contributed by atoms with Gasteiger partial charge in [0.15, 0.2) is 5.60 Å². The highest BCUT2D eigenvalue weighted by Crippen LogP contribution is 2.32. The van der Waals surface area contributed by atoms with Crippen LogP contribution in [0.5, 0.6) is 0 Å². The molecule has 2 heterocycles. The Balaban J connectivity index is 2.31. The van der Waals surface area contributed by atoms with E-state index in [2.05, 4.69) is 20.7 Å². The quantitative estimate of drug-likeness (QED) is 0.765. The minimum Gasteiger partial charge on any atom is -0.466 e. The van der Waals surface area contributed by atoms with E-state index in [1.165, 1.54) is 17.6 Å². The molecule has 5 nitrogen and oxygen atoms in total. The van der Waals surface area contributed by atoms with Gasteiger partial charge in [-0.1, -0.05) is 22.0 Å². The van der Waals surface area contributed by atoms with Gasteiger partial charge in [0.1, 0.15) is 10.4 Å². The third-order valence-corrected chi connectivity index (χ3v) is 6.25. The number of aliphatic hydroxyl groups is 1. The van der Waals surface area contributed by atoms with Gasteiger partial charge in [0.2, 0.25) is 10.0 Å². The first-order valence-electron chi connectivity index (χ1n) is 5.31. The second-order valence-corrected chi connectivity index (χ2v) is 7.92.